The molecule has 6 heteroatoms. The van der Waals surface area contributed by atoms with E-state index in [0.717, 1.165) is 41.1 Å². The molecule has 4 rings (SSSR count). The second kappa shape index (κ2) is 9.86. The third-order valence-electron chi connectivity index (χ3n) is 6.76. The molecule has 2 atom stereocenters. The first-order chi connectivity index (χ1) is 15.9. The largest absolute Gasteiger partial charge is 0.496 e. The van der Waals surface area contributed by atoms with E-state index in [-0.39, 0.29) is 12.4 Å². The van der Waals surface area contributed by atoms with E-state index in [1.54, 1.807) is 7.11 Å². The van der Waals surface area contributed by atoms with Gasteiger partial charge in [0.25, 0.3) is 0 Å². The molecule has 0 spiro atoms. The lowest BCUT2D eigenvalue weighted by molar-refractivity contribution is -0.139. The predicted molar refractivity (Wildman–Crippen MR) is 132 cm³/mol. The number of ether oxygens (including phenoxy) is 2. The summed E-state index contributed by atoms with van der Waals surface area (Å²) in [5.41, 5.74) is 5.00. The molecule has 1 N–H and O–H groups in total. The highest BCUT2D eigenvalue weighted by molar-refractivity contribution is 5.84. The molecule has 2 aromatic carbocycles. The van der Waals surface area contributed by atoms with Gasteiger partial charge in [-0.15, -0.1) is 0 Å². The second-order valence-corrected chi connectivity index (χ2v) is 9.54. The zero-order chi connectivity index (χ0) is 23.5. The van der Waals surface area contributed by atoms with E-state index >= 15 is 0 Å². The Morgan fingerprint density at radius 3 is 2.58 bits per heavy atom. The summed E-state index contributed by atoms with van der Waals surface area (Å²) in [6.07, 6.45) is 4.89. The van der Waals surface area contributed by atoms with Gasteiger partial charge in [-0.1, -0.05) is 45.7 Å². The van der Waals surface area contributed by atoms with Crippen LogP contribution in [0.5, 0.6) is 5.75 Å². The highest BCUT2D eigenvalue weighted by atomic mass is 16.5. The Bertz CT molecular complexity index is 1120. The van der Waals surface area contributed by atoms with Gasteiger partial charge in [0.15, 0.2) is 0 Å². The SMILES string of the molecule is COC(=O)Cc1cc2nc(Nc3ccc(C(C)C)cc3)n(C3CCCC(C)C3)c2cc1OC. The number of carbonyl (C=O) groups is 1. The first-order valence-electron chi connectivity index (χ1n) is 11.9. The average molecular weight is 450 g/mol. The fourth-order valence-electron chi connectivity index (χ4n) is 4.90. The molecule has 0 radical (unpaired) electrons. The number of hydrogen-bond donors (Lipinski definition) is 1. The highest BCUT2D eigenvalue weighted by Gasteiger charge is 2.26. The van der Waals surface area contributed by atoms with Gasteiger partial charge >= 0.3 is 5.97 Å². The maximum Gasteiger partial charge on any atom is 0.310 e. The third-order valence-corrected chi connectivity index (χ3v) is 6.76. The Morgan fingerprint density at radius 1 is 1.18 bits per heavy atom. The summed E-state index contributed by atoms with van der Waals surface area (Å²) in [4.78, 5) is 16.9. The molecule has 3 aromatic rings. The number of methoxy groups -OCH3 is 2. The summed E-state index contributed by atoms with van der Waals surface area (Å²) < 4.78 is 12.9. The van der Waals surface area contributed by atoms with E-state index in [9.17, 15) is 4.79 Å². The molecular formula is C27H35N3O3. The molecule has 1 aliphatic rings. The van der Waals surface area contributed by atoms with Crippen molar-refractivity contribution in [2.24, 2.45) is 5.92 Å². The van der Waals surface area contributed by atoms with E-state index in [1.165, 1.54) is 25.5 Å². The Balaban J connectivity index is 1.79. The van der Waals surface area contributed by atoms with Gasteiger partial charge in [0.05, 0.1) is 31.7 Å². The maximum atomic E-state index is 11.9. The van der Waals surface area contributed by atoms with Crippen molar-refractivity contribution in [2.45, 2.75) is 64.8 Å². The normalized spacial score (nSPS) is 18.5. The van der Waals surface area contributed by atoms with E-state index in [1.807, 2.05) is 12.1 Å². The summed E-state index contributed by atoms with van der Waals surface area (Å²) >= 11 is 0. The number of nitrogens with one attached hydrogen (secondary N) is 1. The Hall–Kier alpha value is -3.02. The summed E-state index contributed by atoms with van der Waals surface area (Å²) in [6.45, 7) is 6.73. The van der Waals surface area contributed by atoms with Gasteiger partial charge < -0.3 is 19.4 Å². The quantitative estimate of drug-likeness (QED) is 0.424. The van der Waals surface area contributed by atoms with Gasteiger partial charge in [-0.05, 0) is 48.4 Å². The smallest absolute Gasteiger partial charge is 0.310 e. The molecule has 33 heavy (non-hydrogen) atoms. The van der Waals surface area contributed by atoms with Crippen LogP contribution in [0.1, 0.15) is 69.5 Å². The number of aromatic nitrogens is 2. The monoisotopic (exact) mass is 449 g/mol. The van der Waals surface area contributed by atoms with Crippen molar-refractivity contribution >= 4 is 28.6 Å². The lowest BCUT2D eigenvalue weighted by Crippen LogP contribution is -2.19. The van der Waals surface area contributed by atoms with Crippen molar-refractivity contribution in [1.82, 2.24) is 9.55 Å². The summed E-state index contributed by atoms with van der Waals surface area (Å²) in [6, 6.07) is 12.9. The molecular weight excluding hydrogens is 414 g/mol. The van der Waals surface area contributed by atoms with Crippen LogP contribution in [0.25, 0.3) is 11.0 Å². The van der Waals surface area contributed by atoms with E-state index in [2.05, 4.69) is 54.9 Å². The number of imidazole rings is 1. The van der Waals surface area contributed by atoms with Crippen molar-refractivity contribution in [3.63, 3.8) is 0 Å². The van der Waals surface area contributed by atoms with Crippen molar-refractivity contribution in [2.75, 3.05) is 19.5 Å². The lowest BCUT2D eigenvalue weighted by Gasteiger charge is -2.29. The second-order valence-electron chi connectivity index (χ2n) is 9.54. The molecule has 2 unspecified atom stereocenters. The van der Waals surface area contributed by atoms with E-state index in [0.29, 0.717) is 23.6 Å². The Labute approximate surface area is 196 Å². The minimum Gasteiger partial charge on any atom is -0.496 e. The number of rotatable bonds is 7. The van der Waals surface area contributed by atoms with Crippen LogP contribution in [0.2, 0.25) is 0 Å². The molecule has 0 bridgehead atoms. The Kier molecular flexibility index (Phi) is 6.91. The molecule has 0 saturated heterocycles. The average Bonchev–Trinajstić information content (AvgIpc) is 3.15. The third kappa shape index (κ3) is 5.00. The van der Waals surface area contributed by atoms with Gasteiger partial charge in [-0.3, -0.25) is 4.79 Å². The van der Waals surface area contributed by atoms with Crippen LogP contribution in [0.3, 0.4) is 0 Å². The standard InChI is InChI=1S/C27H35N3O3/c1-17(2)19-9-11-21(12-10-19)28-27-29-23-14-20(15-26(31)33-5)25(32-4)16-24(23)30(27)22-8-6-7-18(3)13-22/h9-12,14,16-18,22H,6-8,13,15H2,1-5H3,(H,28,29). The van der Waals surface area contributed by atoms with Crippen LogP contribution in [-0.4, -0.2) is 29.7 Å². The lowest BCUT2D eigenvalue weighted by atomic mass is 9.87. The molecule has 1 fully saturated rings. The number of hydrogen-bond acceptors (Lipinski definition) is 5. The molecule has 1 heterocycles. The van der Waals surface area contributed by atoms with Crippen molar-refractivity contribution < 1.29 is 14.3 Å². The van der Waals surface area contributed by atoms with E-state index < -0.39 is 0 Å². The van der Waals surface area contributed by atoms with Gasteiger partial charge in [0, 0.05) is 23.4 Å². The highest BCUT2D eigenvalue weighted by Crippen LogP contribution is 2.39. The molecule has 1 aliphatic carbocycles. The number of anilines is 2. The van der Waals surface area contributed by atoms with E-state index in [4.69, 9.17) is 14.5 Å². The van der Waals surface area contributed by atoms with Crippen molar-refractivity contribution in [3.05, 3.63) is 47.5 Å². The fourth-order valence-corrected chi connectivity index (χ4v) is 4.90. The van der Waals surface area contributed by atoms with Crippen LogP contribution in [0.4, 0.5) is 11.6 Å². The molecule has 0 amide bonds. The number of fused-ring (bicyclic) bond motifs is 1. The zero-order valence-electron chi connectivity index (χ0n) is 20.4. The van der Waals surface area contributed by atoms with Gasteiger partial charge in [-0.2, -0.15) is 0 Å². The molecule has 6 nitrogen and oxygen atoms in total. The zero-order valence-corrected chi connectivity index (χ0v) is 20.4. The van der Waals surface area contributed by atoms with Crippen LogP contribution < -0.4 is 10.1 Å². The molecule has 1 aromatic heterocycles. The van der Waals surface area contributed by atoms with Crippen LogP contribution >= 0.6 is 0 Å². The maximum absolute atomic E-state index is 11.9. The van der Waals surface area contributed by atoms with Crippen molar-refractivity contribution in [1.29, 1.82) is 0 Å². The first-order valence-corrected chi connectivity index (χ1v) is 11.9. The van der Waals surface area contributed by atoms with Crippen LogP contribution in [-0.2, 0) is 16.0 Å². The fraction of sp³-hybridized carbons (Fsp3) is 0.481. The summed E-state index contributed by atoms with van der Waals surface area (Å²) in [7, 11) is 3.04. The minimum absolute atomic E-state index is 0.155. The van der Waals surface area contributed by atoms with Crippen LogP contribution in [0.15, 0.2) is 36.4 Å². The first kappa shape index (κ1) is 23.1. The number of carbonyl (C=O) groups excluding carboxylic acids is 1. The molecule has 176 valence electrons. The van der Waals surface area contributed by atoms with Gasteiger partial charge in [0.1, 0.15) is 5.75 Å². The molecule has 1 saturated carbocycles. The minimum atomic E-state index is -0.295. The van der Waals surface area contributed by atoms with Crippen LogP contribution in [0, 0.1) is 5.92 Å². The topological polar surface area (TPSA) is 65.4 Å². The summed E-state index contributed by atoms with van der Waals surface area (Å²) in [5.74, 6) is 2.40. The van der Waals surface area contributed by atoms with Gasteiger partial charge in [0.2, 0.25) is 5.95 Å². The van der Waals surface area contributed by atoms with Gasteiger partial charge in [-0.25, -0.2) is 4.98 Å². The predicted octanol–water partition coefficient (Wildman–Crippen LogP) is 6.38. The number of benzene rings is 2. The molecule has 0 aliphatic heterocycles. The Morgan fingerprint density at radius 2 is 1.94 bits per heavy atom. The number of esters is 1. The summed E-state index contributed by atoms with van der Waals surface area (Å²) in [5, 5.41) is 3.57. The van der Waals surface area contributed by atoms with Crippen molar-refractivity contribution in [3.8, 4) is 5.75 Å². The number of nitrogens with zero attached hydrogens (tertiary/aromatic N) is 2.